The minimum atomic E-state index is -1.59. The molecule has 0 saturated carbocycles. The molecule has 1 aliphatic rings. The molecule has 0 aliphatic carbocycles. The zero-order chi connectivity index (χ0) is 35.1. The van der Waals surface area contributed by atoms with E-state index in [9.17, 15) is 19.2 Å². The lowest BCUT2D eigenvalue weighted by Gasteiger charge is -2.44. The molecule has 1 aliphatic heterocycles. The van der Waals surface area contributed by atoms with Crippen LogP contribution >= 0.6 is 0 Å². The average Bonchev–Trinajstić information content (AvgIpc) is 2.98. The van der Waals surface area contributed by atoms with Gasteiger partial charge in [-0.05, 0) is 6.04 Å². The molecule has 1 heterocycles. The molecule has 47 heavy (non-hydrogen) atoms. The highest BCUT2D eigenvalue weighted by Gasteiger charge is 2.52. The third-order valence-corrected chi connectivity index (χ3v) is 12.0. The van der Waals surface area contributed by atoms with Crippen molar-refractivity contribution in [2.75, 3.05) is 13.2 Å². The van der Waals surface area contributed by atoms with Crippen LogP contribution in [-0.2, 0) is 47.6 Å². The van der Waals surface area contributed by atoms with Gasteiger partial charge in [0.2, 0.25) is 0 Å². The van der Waals surface area contributed by atoms with Gasteiger partial charge < -0.3 is 28.4 Å². The van der Waals surface area contributed by atoms with Crippen LogP contribution in [0.5, 0.6) is 0 Å². The fourth-order valence-electron chi connectivity index (χ4n) is 6.05. The fourth-order valence-corrected chi connectivity index (χ4v) is 8.18. The Kier molecular flexibility index (Phi) is 22.9. The lowest BCUT2D eigenvalue weighted by Crippen LogP contribution is -2.63. The van der Waals surface area contributed by atoms with Crippen LogP contribution in [0.4, 0.5) is 0 Å². The van der Waals surface area contributed by atoms with Crippen molar-refractivity contribution in [3.05, 3.63) is 0 Å². The van der Waals surface area contributed by atoms with E-state index in [1.54, 1.807) is 0 Å². The molecular weight excluding hydrogens is 620 g/mol. The summed E-state index contributed by atoms with van der Waals surface area (Å²) < 4.78 is 33.7. The van der Waals surface area contributed by atoms with E-state index in [0.717, 1.165) is 6.04 Å². The van der Waals surface area contributed by atoms with Gasteiger partial charge in [0.1, 0.15) is 12.7 Å². The van der Waals surface area contributed by atoms with Gasteiger partial charge >= 0.3 is 23.9 Å². The quantitative estimate of drug-likeness (QED) is 0.0382. The Morgan fingerprint density at radius 3 is 1.43 bits per heavy atom. The maximum absolute atomic E-state index is 12.0. The number of rotatable bonds is 26. The Morgan fingerprint density at radius 2 is 0.979 bits per heavy atom. The van der Waals surface area contributed by atoms with E-state index >= 15 is 0 Å². The second kappa shape index (κ2) is 25.1. The summed E-state index contributed by atoms with van der Waals surface area (Å²) in [6.45, 7) is 11.9. The van der Waals surface area contributed by atoms with Crippen LogP contribution in [0.15, 0.2) is 0 Å². The minimum absolute atomic E-state index is 0.267. The van der Waals surface area contributed by atoms with Crippen molar-refractivity contribution in [3.63, 3.8) is 0 Å². The molecule has 274 valence electrons. The van der Waals surface area contributed by atoms with Crippen molar-refractivity contribution in [1.29, 1.82) is 0 Å². The van der Waals surface area contributed by atoms with Crippen LogP contribution in [0.1, 0.15) is 137 Å². The topological polar surface area (TPSA) is 124 Å². The summed E-state index contributed by atoms with van der Waals surface area (Å²) in [5.41, 5.74) is 0. The Bertz CT molecular complexity index is 895. The molecule has 0 bridgehead atoms. The van der Waals surface area contributed by atoms with Crippen molar-refractivity contribution in [3.8, 4) is 0 Å². The molecule has 1 fully saturated rings. The van der Waals surface area contributed by atoms with Crippen LogP contribution < -0.4 is 0 Å². The van der Waals surface area contributed by atoms with Gasteiger partial charge in [-0.15, -0.1) is 0 Å². The first-order valence-corrected chi connectivity index (χ1v) is 21.7. The fraction of sp³-hybridized carbons (Fsp3) is 0.889. The van der Waals surface area contributed by atoms with E-state index in [4.69, 9.17) is 28.4 Å². The third kappa shape index (κ3) is 20.9. The Balaban J connectivity index is 2.49. The molecule has 0 radical (unpaired) electrons. The lowest BCUT2D eigenvalue weighted by atomic mass is 9.98. The summed E-state index contributed by atoms with van der Waals surface area (Å²) in [5.74, 6) is -2.52. The second-order valence-corrected chi connectivity index (χ2v) is 19.2. The largest absolute Gasteiger partial charge is 0.463 e. The minimum Gasteiger partial charge on any atom is -0.463 e. The van der Waals surface area contributed by atoms with Crippen molar-refractivity contribution in [1.82, 2.24) is 0 Å². The number of esters is 4. The highest BCUT2D eigenvalue weighted by atomic mass is 28.3. The zero-order valence-corrected chi connectivity index (χ0v) is 31.6. The SMILES string of the molecule is CCCCCCCCCCCCCCCCCC[Si](C)(C)CCO[C@@H]1O[C@H](COC(C)=O)[C@H](OC(C)=O)[C@H](OC(C)=O)[C@H]1OC(C)=O. The lowest BCUT2D eigenvalue weighted by molar-refractivity contribution is -0.307. The molecule has 5 atom stereocenters. The van der Waals surface area contributed by atoms with Crippen LogP contribution in [-0.4, -0.2) is 75.9 Å². The summed E-state index contributed by atoms with van der Waals surface area (Å²) in [7, 11) is -1.59. The van der Waals surface area contributed by atoms with E-state index in [2.05, 4.69) is 20.0 Å². The first-order valence-electron chi connectivity index (χ1n) is 18.3. The van der Waals surface area contributed by atoms with Crippen LogP contribution in [0.25, 0.3) is 0 Å². The highest BCUT2D eigenvalue weighted by molar-refractivity contribution is 6.77. The standard InChI is InChI=1S/C36H66O10Si/c1-8-9-10-11-12-13-14-15-16-17-18-19-20-21-22-23-25-47(6,7)26-24-41-36-35(45-31(5)40)34(44-30(4)39)33(43-29(3)38)32(46-36)27-42-28(2)37/h32-36H,8-27H2,1-7H3/t32-,33+,34+,35-,36-/m1/s1. The van der Waals surface area contributed by atoms with Crippen LogP contribution in [0.2, 0.25) is 25.2 Å². The maximum atomic E-state index is 12.0. The first-order chi connectivity index (χ1) is 22.4. The van der Waals surface area contributed by atoms with Crippen LogP contribution in [0.3, 0.4) is 0 Å². The van der Waals surface area contributed by atoms with Gasteiger partial charge in [-0.25, -0.2) is 0 Å². The van der Waals surface area contributed by atoms with Gasteiger partial charge in [-0.2, -0.15) is 0 Å². The van der Waals surface area contributed by atoms with Gasteiger partial charge in [0.15, 0.2) is 24.6 Å². The molecule has 1 rings (SSSR count). The molecule has 0 aromatic carbocycles. The molecule has 10 nitrogen and oxygen atoms in total. The zero-order valence-electron chi connectivity index (χ0n) is 30.6. The number of carbonyl (C=O) groups excluding carboxylic acids is 4. The normalized spacial score (nSPS) is 21.2. The number of hydrogen-bond donors (Lipinski definition) is 0. The van der Waals surface area contributed by atoms with E-state index in [1.165, 1.54) is 136 Å². The molecule has 0 aromatic heterocycles. The molecule has 0 N–H and O–H groups in total. The second-order valence-electron chi connectivity index (χ2n) is 13.9. The van der Waals surface area contributed by atoms with Gasteiger partial charge in [0.25, 0.3) is 0 Å². The van der Waals surface area contributed by atoms with E-state index in [1.807, 2.05) is 0 Å². The summed E-state index contributed by atoms with van der Waals surface area (Å²) in [6.07, 6.45) is 15.9. The predicted molar refractivity (Wildman–Crippen MR) is 185 cm³/mol. The number of ether oxygens (including phenoxy) is 6. The summed E-state index contributed by atoms with van der Waals surface area (Å²) in [4.78, 5) is 47.5. The Hall–Kier alpha value is -1.98. The number of unbranched alkanes of at least 4 members (excludes halogenated alkanes) is 15. The van der Waals surface area contributed by atoms with Crippen molar-refractivity contribution in [2.24, 2.45) is 0 Å². The monoisotopic (exact) mass is 686 g/mol. The Labute approximate surface area is 285 Å². The molecule has 0 amide bonds. The van der Waals surface area contributed by atoms with Crippen molar-refractivity contribution >= 4 is 32.0 Å². The average molecular weight is 687 g/mol. The van der Waals surface area contributed by atoms with E-state index in [-0.39, 0.29) is 6.61 Å². The molecule has 0 aromatic rings. The van der Waals surface area contributed by atoms with Gasteiger partial charge in [0.05, 0.1) is 0 Å². The van der Waals surface area contributed by atoms with E-state index < -0.39 is 62.7 Å². The Morgan fingerprint density at radius 1 is 0.553 bits per heavy atom. The highest BCUT2D eigenvalue weighted by Crippen LogP contribution is 2.31. The maximum Gasteiger partial charge on any atom is 0.303 e. The molecule has 1 saturated heterocycles. The number of hydrogen-bond acceptors (Lipinski definition) is 10. The van der Waals surface area contributed by atoms with Crippen LogP contribution in [0, 0.1) is 0 Å². The summed E-state index contributed by atoms with van der Waals surface area (Å²) >= 11 is 0. The van der Waals surface area contributed by atoms with Crippen molar-refractivity contribution in [2.45, 2.75) is 193 Å². The predicted octanol–water partition coefficient (Wildman–Crippen LogP) is 8.06. The van der Waals surface area contributed by atoms with Gasteiger partial charge in [0, 0.05) is 42.4 Å². The van der Waals surface area contributed by atoms with Crippen molar-refractivity contribution < 1.29 is 47.6 Å². The van der Waals surface area contributed by atoms with E-state index in [0.29, 0.717) is 6.61 Å². The first kappa shape index (κ1) is 43.0. The summed E-state index contributed by atoms with van der Waals surface area (Å²) in [6, 6.07) is 2.05. The van der Waals surface area contributed by atoms with Gasteiger partial charge in [-0.3, -0.25) is 19.2 Å². The molecule has 11 heteroatoms. The van der Waals surface area contributed by atoms with Gasteiger partial charge in [-0.1, -0.05) is 129 Å². The molecular formula is C36H66O10Si. The molecule has 0 spiro atoms. The smallest absolute Gasteiger partial charge is 0.303 e. The molecule has 0 unspecified atom stereocenters. The third-order valence-electron chi connectivity index (χ3n) is 8.72. The summed E-state index contributed by atoms with van der Waals surface area (Å²) in [5, 5.41) is 0. The number of carbonyl (C=O) groups is 4.